The molecule has 6 nitrogen and oxygen atoms in total. The molecule has 0 saturated carbocycles. The molecule has 26 heavy (non-hydrogen) atoms. The van der Waals surface area contributed by atoms with E-state index in [0.29, 0.717) is 0 Å². The van der Waals surface area contributed by atoms with Gasteiger partial charge in [-0.3, -0.25) is 9.48 Å². The zero-order valence-corrected chi connectivity index (χ0v) is 12.9. The highest BCUT2D eigenvalue weighted by molar-refractivity contribution is 5.75. The number of rotatable bonds is 6. The maximum Gasteiger partial charge on any atom is 0.435 e. The minimum absolute atomic E-state index is 0.182. The molecular formula is C14H12F6N4O2. The van der Waals surface area contributed by atoms with Gasteiger partial charge in [0, 0.05) is 24.5 Å². The number of alkyl halides is 6. The second kappa shape index (κ2) is 7.62. The van der Waals surface area contributed by atoms with Gasteiger partial charge in [0.15, 0.2) is 12.3 Å². The van der Waals surface area contributed by atoms with E-state index in [1.807, 2.05) is 0 Å². The molecule has 12 heteroatoms. The van der Waals surface area contributed by atoms with Crippen LogP contribution in [0.15, 0.2) is 30.6 Å². The summed E-state index contributed by atoms with van der Waals surface area (Å²) >= 11 is 0. The first kappa shape index (κ1) is 19.5. The molecule has 2 aromatic rings. The highest BCUT2D eigenvalue weighted by Gasteiger charge is 2.33. The number of halogens is 6. The summed E-state index contributed by atoms with van der Waals surface area (Å²) in [6, 6.07) is 3.55. The number of ether oxygens (including phenoxy) is 1. The first-order valence-electron chi connectivity index (χ1n) is 7.05. The monoisotopic (exact) mass is 382 g/mol. The Morgan fingerprint density at radius 2 is 1.92 bits per heavy atom. The summed E-state index contributed by atoms with van der Waals surface area (Å²) in [6.07, 6.45) is -6.96. The number of nitrogens with one attached hydrogen (secondary N) is 1. The Balaban J connectivity index is 1.92. The summed E-state index contributed by atoms with van der Waals surface area (Å²) in [4.78, 5) is 15.4. The van der Waals surface area contributed by atoms with E-state index in [9.17, 15) is 31.1 Å². The molecule has 0 atom stereocenters. The molecule has 0 fully saturated rings. The number of hydrogen-bond acceptors (Lipinski definition) is 4. The lowest BCUT2D eigenvalue weighted by Crippen LogP contribution is -2.28. The SMILES string of the molecule is O=C(Cn1ccc(C(F)(F)F)n1)NCc1cccnc1OCC(F)(F)F. The zero-order chi connectivity index (χ0) is 19.4. The van der Waals surface area contributed by atoms with Crippen molar-refractivity contribution in [2.75, 3.05) is 6.61 Å². The summed E-state index contributed by atoms with van der Waals surface area (Å²) in [5.74, 6) is -0.990. The number of amides is 1. The van der Waals surface area contributed by atoms with Gasteiger partial charge >= 0.3 is 12.4 Å². The van der Waals surface area contributed by atoms with Gasteiger partial charge in [0.05, 0.1) is 0 Å². The van der Waals surface area contributed by atoms with Crippen molar-refractivity contribution >= 4 is 5.91 Å². The predicted molar refractivity (Wildman–Crippen MR) is 74.9 cm³/mol. The lowest BCUT2D eigenvalue weighted by molar-refractivity contribution is -0.154. The van der Waals surface area contributed by atoms with Crippen LogP contribution in [0.2, 0.25) is 0 Å². The summed E-state index contributed by atoms with van der Waals surface area (Å²) < 4.78 is 79.3. The third-order valence-electron chi connectivity index (χ3n) is 2.94. The highest BCUT2D eigenvalue weighted by atomic mass is 19.4. The van der Waals surface area contributed by atoms with Crippen LogP contribution in [0.1, 0.15) is 11.3 Å². The Hall–Kier alpha value is -2.79. The number of pyridine rings is 1. The average molecular weight is 382 g/mol. The topological polar surface area (TPSA) is 69.0 Å². The summed E-state index contributed by atoms with van der Waals surface area (Å²) in [6.45, 7) is -2.25. The smallest absolute Gasteiger partial charge is 0.435 e. The fourth-order valence-corrected chi connectivity index (χ4v) is 1.84. The van der Waals surface area contributed by atoms with E-state index in [1.165, 1.54) is 18.3 Å². The standard InChI is InChI=1S/C14H12F6N4O2/c15-13(16,17)8-26-12-9(2-1-4-21-12)6-22-11(25)7-24-5-3-10(23-24)14(18,19)20/h1-5H,6-8H2,(H,22,25). The summed E-state index contributed by atoms with van der Waals surface area (Å²) in [5.41, 5.74) is -0.957. The van der Waals surface area contributed by atoms with Gasteiger partial charge in [-0.15, -0.1) is 0 Å². The number of hydrogen-bond donors (Lipinski definition) is 1. The van der Waals surface area contributed by atoms with Gasteiger partial charge in [0.2, 0.25) is 11.8 Å². The van der Waals surface area contributed by atoms with Crippen LogP contribution < -0.4 is 10.1 Å². The van der Waals surface area contributed by atoms with Gasteiger partial charge < -0.3 is 10.1 Å². The van der Waals surface area contributed by atoms with E-state index in [0.717, 1.165) is 16.9 Å². The summed E-state index contributed by atoms with van der Waals surface area (Å²) in [7, 11) is 0. The van der Waals surface area contributed by atoms with Crippen molar-refractivity contribution in [3.63, 3.8) is 0 Å². The lowest BCUT2D eigenvalue weighted by Gasteiger charge is -2.12. The van der Waals surface area contributed by atoms with E-state index < -0.39 is 37.1 Å². The number of aromatic nitrogens is 3. The van der Waals surface area contributed by atoms with Crippen LogP contribution in [0.5, 0.6) is 5.88 Å². The quantitative estimate of drug-likeness (QED) is 0.780. The van der Waals surface area contributed by atoms with Crippen molar-refractivity contribution in [2.45, 2.75) is 25.4 Å². The molecular weight excluding hydrogens is 370 g/mol. The molecule has 0 bridgehead atoms. The number of nitrogens with zero attached hydrogens (tertiary/aromatic N) is 3. The Bertz CT molecular complexity index is 756. The molecule has 2 heterocycles. The predicted octanol–water partition coefficient (Wildman–Crippen LogP) is 2.55. The third-order valence-corrected chi connectivity index (χ3v) is 2.94. The lowest BCUT2D eigenvalue weighted by atomic mass is 10.2. The Morgan fingerprint density at radius 3 is 2.54 bits per heavy atom. The van der Waals surface area contributed by atoms with Crippen LogP contribution in [-0.2, 0) is 24.1 Å². The first-order chi connectivity index (χ1) is 12.0. The van der Waals surface area contributed by atoms with E-state index >= 15 is 0 Å². The molecule has 0 aliphatic carbocycles. The van der Waals surface area contributed by atoms with Crippen molar-refractivity contribution in [3.8, 4) is 5.88 Å². The van der Waals surface area contributed by atoms with Gasteiger partial charge in [0.25, 0.3) is 0 Å². The second-order valence-corrected chi connectivity index (χ2v) is 5.04. The molecule has 0 radical (unpaired) electrons. The van der Waals surface area contributed by atoms with Crippen molar-refractivity contribution in [1.29, 1.82) is 0 Å². The van der Waals surface area contributed by atoms with Gasteiger partial charge in [-0.1, -0.05) is 6.07 Å². The van der Waals surface area contributed by atoms with Gasteiger partial charge in [-0.05, 0) is 12.1 Å². The van der Waals surface area contributed by atoms with Crippen LogP contribution in [0.25, 0.3) is 0 Å². The zero-order valence-electron chi connectivity index (χ0n) is 12.9. The molecule has 0 unspecified atom stereocenters. The highest BCUT2D eigenvalue weighted by Crippen LogP contribution is 2.27. The van der Waals surface area contributed by atoms with Gasteiger partial charge in [-0.25, -0.2) is 4.98 Å². The molecule has 2 rings (SSSR count). The second-order valence-electron chi connectivity index (χ2n) is 5.04. The molecule has 0 aliphatic heterocycles. The first-order valence-corrected chi connectivity index (χ1v) is 7.05. The Kier molecular flexibility index (Phi) is 5.73. The van der Waals surface area contributed by atoms with E-state index in [4.69, 9.17) is 0 Å². The number of carbonyl (C=O) groups excluding carboxylic acids is 1. The van der Waals surface area contributed by atoms with E-state index in [1.54, 1.807) is 0 Å². The van der Waals surface area contributed by atoms with Crippen molar-refractivity contribution in [2.24, 2.45) is 0 Å². The molecule has 1 N–H and O–H groups in total. The molecule has 2 aromatic heterocycles. The Morgan fingerprint density at radius 1 is 1.19 bits per heavy atom. The van der Waals surface area contributed by atoms with E-state index in [2.05, 4.69) is 20.1 Å². The van der Waals surface area contributed by atoms with Crippen molar-refractivity contribution in [1.82, 2.24) is 20.1 Å². The van der Waals surface area contributed by atoms with Crippen molar-refractivity contribution < 1.29 is 35.9 Å². The fourth-order valence-electron chi connectivity index (χ4n) is 1.84. The third kappa shape index (κ3) is 5.93. The molecule has 0 aromatic carbocycles. The van der Waals surface area contributed by atoms with Crippen LogP contribution in [-0.4, -0.2) is 33.5 Å². The number of carbonyl (C=O) groups is 1. The van der Waals surface area contributed by atoms with Gasteiger partial charge in [-0.2, -0.15) is 31.4 Å². The average Bonchev–Trinajstić information content (AvgIpc) is 2.99. The minimum Gasteiger partial charge on any atom is -0.468 e. The molecule has 0 spiro atoms. The molecule has 142 valence electrons. The maximum absolute atomic E-state index is 12.4. The van der Waals surface area contributed by atoms with Crippen LogP contribution in [0.4, 0.5) is 26.3 Å². The van der Waals surface area contributed by atoms with Crippen molar-refractivity contribution in [3.05, 3.63) is 41.9 Å². The van der Waals surface area contributed by atoms with E-state index in [-0.39, 0.29) is 18.0 Å². The molecule has 0 saturated heterocycles. The minimum atomic E-state index is -4.62. The Labute approximate surface area is 142 Å². The van der Waals surface area contributed by atoms with Gasteiger partial charge in [0.1, 0.15) is 6.54 Å². The summed E-state index contributed by atoms with van der Waals surface area (Å²) in [5, 5.41) is 5.57. The normalized spacial score (nSPS) is 12.1. The molecule has 1 amide bonds. The fraction of sp³-hybridized carbons (Fsp3) is 0.357. The van der Waals surface area contributed by atoms with Crippen LogP contribution in [0.3, 0.4) is 0 Å². The molecule has 0 aliphatic rings. The largest absolute Gasteiger partial charge is 0.468 e. The maximum atomic E-state index is 12.4. The van der Waals surface area contributed by atoms with Crippen LogP contribution >= 0.6 is 0 Å². The van der Waals surface area contributed by atoms with Crippen LogP contribution in [0, 0.1) is 0 Å².